The van der Waals surface area contributed by atoms with Crippen LogP contribution < -0.4 is 10.4 Å². The molecule has 3 rings (SSSR count). The van der Waals surface area contributed by atoms with Gasteiger partial charge in [-0.05, 0) is 60.0 Å². The summed E-state index contributed by atoms with van der Waals surface area (Å²) in [6, 6.07) is 18.1. The summed E-state index contributed by atoms with van der Waals surface area (Å²) in [6.45, 7) is 12.3. The van der Waals surface area contributed by atoms with Crippen molar-refractivity contribution in [2.45, 2.75) is 153 Å². The van der Waals surface area contributed by atoms with Crippen LogP contribution in [0.5, 0.6) is 0 Å². The Hall–Kier alpha value is -2.92. The van der Waals surface area contributed by atoms with Gasteiger partial charge in [0.15, 0.2) is 18.7 Å². The van der Waals surface area contributed by atoms with E-state index in [1.165, 1.54) is 7.11 Å². The lowest BCUT2D eigenvalue weighted by atomic mass is 9.91. The fourth-order valence-corrected chi connectivity index (χ4v) is 11.0. The van der Waals surface area contributed by atoms with Crippen molar-refractivity contribution in [3.05, 3.63) is 71.1 Å². The van der Waals surface area contributed by atoms with Gasteiger partial charge in [0.05, 0.1) is 32.0 Å². The molecule has 9 atom stereocenters. The Balaban J connectivity index is 2.04. The minimum absolute atomic E-state index is 0.254. The second-order valence-corrected chi connectivity index (χ2v) is 19.2. The molecule has 2 aromatic carbocycles. The number of aliphatic hydroxyl groups excluding tert-OH is 2. The Bertz CT molecular complexity index is 1430. The van der Waals surface area contributed by atoms with E-state index in [1.54, 1.807) is 6.92 Å². The molecule has 0 spiro atoms. The van der Waals surface area contributed by atoms with Crippen molar-refractivity contribution in [3.8, 4) is 0 Å². The van der Waals surface area contributed by atoms with Gasteiger partial charge in [-0.3, -0.25) is 0 Å². The molecule has 57 heavy (non-hydrogen) atoms. The molecule has 320 valence electrons. The van der Waals surface area contributed by atoms with Crippen LogP contribution in [0.2, 0.25) is 5.04 Å². The molecule has 0 saturated carbocycles. The Morgan fingerprint density at radius 2 is 1.49 bits per heavy atom. The number of azide groups is 1. The average molecular weight is 818 g/mol. The third-order valence-electron chi connectivity index (χ3n) is 10.7. The van der Waals surface area contributed by atoms with Crippen molar-refractivity contribution in [1.29, 1.82) is 0 Å². The summed E-state index contributed by atoms with van der Waals surface area (Å²) >= 11 is 0. The largest absolute Gasteiger partial charge is 0.467 e. The van der Waals surface area contributed by atoms with E-state index in [1.807, 2.05) is 88.4 Å². The fraction of sp³-hybridized carbons (Fsp3) is 0.690. The Morgan fingerprint density at radius 1 is 0.930 bits per heavy atom. The van der Waals surface area contributed by atoms with Crippen LogP contribution in [-0.2, 0) is 38.0 Å². The van der Waals surface area contributed by atoms with Gasteiger partial charge >= 0.3 is 5.97 Å². The van der Waals surface area contributed by atoms with Gasteiger partial charge in [-0.2, -0.15) is 0 Å². The molecule has 0 aromatic heterocycles. The molecule has 1 fully saturated rings. The standard InChI is InChI=1S/C42H67N3O11Si/c1-8-11-26-51-30(4)36(52-27-12-9-2)39(41(48)50-7)56-34(29-46)55-37-33(54-40(47)35(44-45-43)38(37)53-28-13-10-3)24-25-42(5,6)57(49,31-20-16-14-17-21-31)32-22-18-15-19-23-32/h14-23,30,33-40,46-47,49H,8-13,24-29H2,1-7H3/t30-,33?,34?,35-,36-,37+,38?,39?,40?/m0/s1. The SMILES string of the molecule is CCCCOC1[C@H](N=[N+]=[N-])C(O)OC(CCC(C)(C)[Si](O)(c2ccccc2)c2ccccc2)[C@H]1OC(CO)OC(C(=O)OC)[C@@H](OCCCC)[C@H](C)OCCCC. The van der Waals surface area contributed by atoms with E-state index in [4.69, 9.17) is 33.2 Å². The Morgan fingerprint density at radius 3 is 2.02 bits per heavy atom. The third kappa shape index (κ3) is 13.3. The minimum atomic E-state index is -3.45. The van der Waals surface area contributed by atoms with E-state index < -0.39 is 81.2 Å². The van der Waals surface area contributed by atoms with Crippen LogP contribution in [0.1, 0.15) is 92.9 Å². The van der Waals surface area contributed by atoms with Crippen molar-refractivity contribution in [3.63, 3.8) is 0 Å². The molecular weight excluding hydrogens is 751 g/mol. The summed E-state index contributed by atoms with van der Waals surface area (Å²) in [5, 5.41) is 26.9. The summed E-state index contributed by atoms with van der Waals surface area (Å²) in [6.07, 6.45) is -3.41. The molecule has 0 bridgehead atoms. The number of hydrogen-bond donors (Lipinski definition) is 3. The van der Waals surface area contributed by atoms with Crippen molar-refractivity contribution in [2.75, 3.05) is 33.5 Å². The van der Waals surface area contributed by atoms with Crippen LogP contribution >= 0.6 is 0 Å². The second kappa shape index (κ2) is 24.9. The topological polar surface area (TPSA) is 191 Å². The quantitative estimate of drug-likeness (QED) is 0.0195. The van der Waals surface area contributed by atoms with Crippen LogP contribution in [0.25, 0.3) is 10.4 Å². The molecule has 1 heterocycles. The van der Waals surface area contributed by atoms with Gasteiger partial charge in [-0.15, -0.1) is 0 Å². The first-order valence-electron chi connectivity index (χ1n) is 20.5. The summed E-state index contributed by atoms with van der Waals surface area (Å²) in [5.74, 6) is -0.744. The summed E-state index contributed by atoms with van der Waals surface area (Å²) in [4.78, 5) is 29.2. The summed E-state index contributed by atoms with van der Waals surface area (Å²) in [5.41, 5.74) is 9.54. The van der Waals surface area contributed by atoms with E-state index in [9.17, 15) is 25.3 Å². The first kappa shape index (κ1) is 48.4. The van der Waals surface area contributed by atoms with Crippen LogP contribution in [0, 0.1) is 0 Å². The lowest BCUT2D eigenvalue weighted by Crippen LogP contribution is -2.65. The number of nitrogens with zero attached hydrogens (tertiary/aromatic N) is 3. The lowest BCUT2D eigenvalue weighted by Gasteiger charge is -2.46. The summed E-state index contributed by atoms with van der Waals surface area (Å²) in [7, 11) is -2.21. The van der Waals surface area contributed by atoms with E-state index in [0.29, 0.717) is 26.1 Å². The van der Waals surface area contributed by atoms with Gasteiger partial charge in [-0.25, -0.2) is 4.79 Å². The molecule has 1 aliphatic rings. The number of rotatable bonds is 27. The molecule has 0 aliphatic carbocycles. The Kier molecular flexibility index (Phi) is 21.1. The lowest BCUT2D eigenvalue weighted by molar-refractivity contribution is -0.308. The first-order chi connectivity index (χ1) is 27.4. The number of ether oxygens (including phenoxy) is 7. The minimum Gasteiger partial charge on any atom is -0.467 e. The number of methoxy groups -OCH3 is 1. The molecule has 0 radical (unpaired) electrons. The van der Waals surface area contributed by atoms with Crippen LogP contribution in [0.4, 0.5) is 0 Å². The third-order valence-corrected chi connectivity index (χ3v) is 15.2. The van der Waals surface area contributed by atoms with Crippen molar-refractivity contribution in [2.24, 2.45) is 5.11 Å². The van der Waals surface area contributed by atoms with Gasteiger partial charge in [0.1, 0.15) is 18.2 Å². The molecule has 2 aromatic rings. The maximum atomic E-state index is 13.4. The highest BCUT2D eigenvalue weighted by atomic mass is 28.4. The van der Waals surface area contributed by atoms with Gasteiger partial charge in [-0.1, -0.05) is 120 Å². The second-order valence-electron chi connectivity index (χ2n) is 15.2. The average Bonchev–Trinajstić information content (AvgIpc) is 3.22. The Labute approximate surface area is 339 Å². The zero-order chi connectivity index (χ0) is 41.8. The normalized spacial score (nSPS) is 22.2. The number of carbonyl (C=O) groups is 1. The number of hydrogen-bond acceptors (Lipinski definition) is 12. The molecular formula is C42H67N3O11Si. The number of benzene rings is 2. The van der Waals surface area contributed by atoms with Crippen molar-refractivity contribution >= 4 is 24.7 Å². The molecule has 1 aliphatic heterocycles. The van der Waals surface area contributed by atoms with Gasteiger partial charge in [0.2, 0.25) is 0 Å². The maximum Gasteiger partial charge on any atom is 0.337 e. The van der Waals surface area contributed by atoms with Crippen LogP contribution in [0.15, 0.2) is 65.8 Å². The fourth-order valence-electron chi connectivity index (χ4n) is 7.21. The van der Waals surface area contributed by atoms with Gasteiger partial charge in [0, 0.05) is 24.7 Å². The highest BCUT2D eigenvalue weighted by molar-refractivity contribution is 6.98. The van der Waals surface area contributed by atoms with Crippen LogP contribution in [0.3, 0.4) is 0 Å². The molecule has 15 heteroatoms. The van der Waals surface area contributed by atoms with Gasteiger partial charge in [0.25, 0.3) is 8.32 Å². The van der Waals surface area contributed by atoms with Crippen LogP contribution in [-0.4, -0.2) is 118 Å². The maximum absolute atomic E-state index is 13.4. The zero-order valence-electron chi connectivity index (χ0n) is 34.9. The number of esters is 1. The summed E-state index contributed by atoms with van der Waals surface area (Å²) < 4.78 is 42.8. The smallest absolute Gasteiger partial charge is 0.337 e. The number of aliphatic hydroxyl groups is 2. The molecule has 3 N–H and O–H groups in total. The van der Waals surface area contributed by atoms with E-state index in [0.717, 1.165) is 42.5 Å². The molecule has 0 amide bonds. The predicted molar refractivity (Wildman–Crippen MR) is 219 cm³/mol. The first-order valence-corrected chi connectivity index (χ1v) is 22.4. The molecule has 1 saturated heterocycles. The van der Waals surface area contributed by atoms with Crippen molar-refractivity contribution < 1.29 is 53.0 Å². The number of unbranched alkanes of at least 4 members (excludes halogenated alkanes) is 3. The van der Waals surface area contributed by atoms with E-state index in [-0.39, 0.29) is 13.0 Å². The van der Waals surface area contributed by atoms with Gasteiger partial charge < -0.3 is 48.2 Å². The van der Waals surface area contributed by atoms with Crippen molar-refractivity contribution in [1.82, 2.24) is 0 Å². The monoisotopic (exact) mass is 817 g/mol. The highest BCUT2D eigenvalue weighted by Gasteiger charge is 2.53. The highest BCUT2D eigenvalue weighted by Crippen LogP contribution is 2.42. The molecule has 5 unspecified atom stereocenters. The number of carbonyl (C=O) groups excluding carboxylic acids is 1. The zero-order valence-corrected chi connectivity index (χ0v) is 35.9. The van der Waals surface area contributed by atoms with E-state index in [2.05, 4.69) is 16.9 Å². The predicted octanol–water partition coefficient (Wildman–Crippen LogP) is 5.53. The molecule has 14 nitrogen and oxygen atoms in total. The van der Waals surface area contributed by atoms with E-state index >= 15 is 0 Å².